The summed E-state index contributed by atoms with van der Waals surface area (Å²) < 4.78 is 32.9. The summed E-state index contributed by atoms with van der Waals surface area (Å²) in [5.74, 6) is 0.341. The van der Waals surface area contributed by atoms with Crippen LogP contribution in [0.2, 0.25) is 0 Å². The summed E-state index contributed by atoms with van der Waals surface area (Å²) in [7, 11) is -4.83. The van der Waals surface area contributed by atoms with E-state index in [1.54, 1.807) is 0 Å². The number of unbranched alkanes of at least 4 members (excludes halogenated alkanes) is 2. The van der Waals surface area contributed by atoms with Gasteiger partial charge in [-0.25, -0.2) is 0 Å². The van der Waals surface area contributed by atoms with E-state index in [1.165, 1.54) is 0 Å². The Labute approximate surface area is 160 Å². The fourth-order valence-electron chi connectivity index (χ4n) is 3.92. The maximum Gasteiger partial charge on any atom is 0.329 e. The zero-order valence-corrected chi connectivity index (χ0v) is 17.8. The number of carbonyl (C=O) groups is 2. The fourth-order valence-corrected chi connectivity index (χ4v) is 4.72. The Kier molecular flexibility index (Phi) is 12.2. The van der Waals surface area contributed by atoms with Gasteiger partial charge in [0.25, 0.3) is 5.12 Å². The van der Waals surface area contributed by atoms with Crippen LogP contribution < -0.4 is 0 Å². The molecule has 0 radical (unpaired) electrons. The van der Waals surface area contributed by atoms with Gasteiger partial charge >= 0.3 is 10.1 Å². The molecule has 0 saturated heterocycles. The van der Waals surface area contributed by atoms with E-state index < -0.39 is 20.6 Å². The van der Waals surface area contributed by atoms with E-state index in [0.29, 0.717) is 19.1 Å². The van der Waals surface area contributed by atoms with Crippen molar-refractivity contribution in [2.75, 3.05) is 0 Å². The van der Waals surface area contributed by atoms with Crippen molar-refractivity contribution in [2.24, 2.45) is 17.3 Å². The summed E-state index contributed by atoms with van der Waals surface area (Å²) in [5.41, 5.74) is -1.31. The molecule has 2 unspecified atom stereocenters. The maximum atomic E-state index is 12.7. The normalized spacial score (nSPS) is 16.7. The van der Waals surface area contributed by atoms with Crippen molar-refractivity contribution in [1.29, 1.82) is 0 Å². The van der Waals surface area contributed by atoms with Gasteiger partial charge in [0.15, 0.2) is 0 Å². The van der Waals surface area contributed by atoms with Crippen LogP contribution in [0.3, 0.4) is 0 Å². The second-order valence-electron chi connectivity index (χ2n) is 7.65. The highest BCUT2D eigenvalue weighted by Gasteiger charge is 2.46. The molecule has 0 aromatic rings. The topological polar surface area (TPSA) is 88.5 Å². The SMILES string of the molecule is CCCCC(CC)CC(CC=O)(CC(CC)CCCC)C(=O)S(=O)(=O)O. The monoisotopic (exact) mass is 390 g/mol. The molecule has 6 heteroatoms. The van der Waals surface area contributed by atoms with Crippen molar-refractivity contribution < 1.29 is 22.6 Å². The van der Waals surface area contributed by atoms with Crippen LogP contribution in [0.4, 0.5) is 0 Å². The van der Waals surface area contributed by atoms with Crippen molar-refractivity contribution in [3.05, 3.63) is 0 Å². The molecule has 2 atom stereocenters. The van der Waals surface area contributed by atoms with E-state index in [-0.39, 0.29) is 18.3 Å². The molecular formula is C20H38O5S. The first kappa shape index (κ1) is 25.2. The smallest absolute Gasteiger partial charge is 0.303 e. The predicted octanol–water partition coefficient (Wildman–Crippen LogP) is 5.19. The average Bonchev–Trinajstić information content (AvgIpc) is 2.60. The third kappa shape index (κ3) is 8.30. The van der Waals surface area contributed by atoms with Gasteiger partial charge in [0.2, 0.25) is 0 Å². The standard InChI is InChI=1S/C20H38O5S/c1-5-9-11-17(7-3)15-20(13-14-21,19(22)26(23,24)25)16-18(8-4)12-10-6-2/h14,17-18H,5-13,15-16H2,1-4H3,(H,23,24,25). The lowest BCUT2D eigenvalue weighted by molar-refractivity contribution is -0.127. The molecule has 0 spiro atoms. The van der Waals surface area contributed by atoms with E-state index in [1.807, 2.05) is 13.8 Å². The Hall–Kier alpha value is -0.750. The fraction of sp³-hybridized carbons (Fsp3) is 0.900. The first-order valence-electron chi connectivity index (χ1n) is 10.2. The lowest BCUT2D eigenvalue weighted by Crippen LogP contribution is -2.40. The number of hydrogen-bond acceptors (Lipinski definition) is 4. The van der Waals surface area contributed by atoms with Gasteiger partial charge < -0.3 is 4.79 Å². The average molecular weight is 391 g/mol. The molecule has 0 fully saturated rings. The summed E-state index contributed by atoms with van der Waals surface area (Å²) in [5, 5.41) is -1.16. The van der Waals surface area contributed by atoms with Crippen LogP contribution in [-0.4, -0.2) is 24.4 Å². The minimum absolute atomic E-state index is 0.142. The van der Waals surface area contributed by atoms with Crippen LogP contribution in [0.1, 0.15) is 98.3 Å². The Morgan fingerprint density at radius 1 is 0.962 bits per heavy atom. The molecule has 0 aromatic heterocycles. The summed E-state index contributed by atoms with van der Waals surface area (Å²) in [6.07, 6.45) is 8.71. The Bertz CT molecular complexity index is 494. The van der Waals surface area contributed by atoms with Gasteiger partial charge in [0.05, 0.1) is 5.41 Å². The molecule has 0 amide bonds. The number of aldehydes is 1. The van der Waals surface area contributed by atoms with Crippen LogP contribution in [0.5, 0.6) is 0 Å². The van der Waals surface area contributed by atoms with Gasteiger partial charge in [-0.1, -0.05) is 79.1 Å². The van der Waals surface area contributed by atoms with Gasteiger partial charge in [-0.3, -0.25) is 9.35 Å². The molecule has 0 rings (SSSR count). The molecule has 0 aliphatic rings. The lowest BCUT2D eigenvalue weighted by Gasteiger charge is -2.35. The van der Waals surface area contributed by atoms with E-state index in [4.69, 9.17) is 0 Å². The third-order valence-corrected chi connectivity index (χ3v) is 6.49. The molecule has 0 saturated carbocycles. The first-order chi connectivity index (χ1) is 12.2. The Morgan fingerprint density at radius 2 is 1.38 bits per heavy atom. The molecule has 5 nitrogen and oxygen atoms in total. The van der Waals surface area contributed by atoms with E-state index >= 15 is 0 Å². The molecule has 154 valence electrons. The third-order valence-electron chi connectivity index (χ3n) is 5.59. The van der Waals surface area contributed by atoms with Crippen molar-refractivity contribution in [3.63, 3.8) is 0 Å². The molecular weight excluding hydrogens is 352 g/mol. The minimum atomic E-state index is -4.83. The minimum Gasteiger partial charge on any atom is -0.303 e. The molecule has 26 heavy (non-hydrogen) atoms. The molecule has 1 N–H and O–H groups in total. The molecule has 0 aliphatic carbocycles. The van der Waals surface area contributed by atoms with E-state index in [9.17, 15) is 22.6 Å². The van der Waals surface area contributed by atoms with Gasteiger partial charge in [-0.2, -0.15) is 8.42 Å². The lowest BCUT2D eigenvalue weighted by atomic mass is 9.69. The highest BCUT2D eigenvalue weighted by molar-refractivity contribution is 8.01. The highest BCUT2D eigenvalue weighted by atomic mass is 32.2. The molecule has 0 aliphatic heterocycles. The van der Waals surface area contributed by atoms with Crippen molar-refractivity contribution in [3.8, 4) is 0 Å². The first-order valence-corrected chi connectivity index (χ1v) is 11.6. The second-order valence-corrected chi connectivity index (χ2v) is 8.98. The largest absolute Gasteiger partial charge is 0.329 e. The number of rotatable bonds is 15. The van der Waals surface area contributed by atoms with Gasteiger partial charge in [-0.15, -0.1) is 0 Å². The van der Waals surface area contributed by atoms with Crippen molar-refractivity contribution in [1.82, 2.24) is 0 Å². The summed E-state index contributed by atoms with van der Waals surface area (Å²) >= 11 is 0. The zero-order valence-electron chi connectivity index (χ0n) is 17.0. The Morgan fingerprint density at radius 3 is 1.65 bits per heavy atom. The van der Waals surface area contributed by atoms with Gasteiger partial charge in [0.1, 0.15) is 6.29 Å². The summed E-state index contributed by atoms with van der Waals surface area (Å²) in [6, 6.07) is 0. The zero-order chi connectivity index (χ0) is 20.2. The van der Waals surface area contributed by atoms with E-state index in [0.717, 1.165) is 51.4 Å². The van der Waals surface area contributed by atoms with Crippen molar-refractivity contribution >= 4 is 21.5 Å². The number of carbonyl (C=O) groups excluding carboxylic acids is 2. The van der Waals surface area contributed by atoms with E-state index in [2.05, 4.69) is 13.8 Å². The molecule has 0 aromatic carbocycles. The van der Waals surface area contributed by atoms with Gasteiger partial charge in [-0.05, 0) is 24.7 Å². The number of hydrogen-bond donors (Lipinski definition) is 1. The van der Waals surface area contributed by atoms with Gasteiger partial charge in [0, 0.05) is 6.42 Å². The van der Waals surface area contributed by atoms with Crippen LogP contribution in [0.25, 0.3) is 0 Å². The van der Waals surface area contributed by atoms with Crippen molar-refractivity contribution in [2.45, 2.75) is 98.3 Å². The Balaban J connectivity index is 5.81. The van der Waals surface area contributed by atoms with Crippen LogP contribution >= 0.6 is 0 Å². The summed E-state index contributed by atoms with van der Waals surface area (Å²) in [6.45, 7) is 8.23. The predicted molar refractivity (Wildman–Crippen MR) is 106 cm³/mol. The summed E-state index contributed by atoms with van der Waals surface area (Å²) in [4.78, 5) is 24.1. The molecule has 0 heterocycles. The van der Waals surface area contributed by atoms with Crippen LogP contribution in [0, 0.1) is 17.3 Å². The maximum absolute atomic E-state index is 12.7. The second kappa shape index (κ2) is 12.6. The van der Waals surface area contributed by atoms with Crippen LogP contribution in [-0.2, 0) is 19.7 Å². The quantitative estimate of drug-likeness (QED) is 0.307. The highest BCUT2D eigenvalue weighted by Crippen LogP contribution is 2.42. The molecule has 0 bridgehead atoms. The van der Waals surface area contributed by atoms with Crippen LogP contribution in [0.15, 0.2) is 0 Å².